The molecule has 38 heavy (non-hydrogen) atoms. The van der Waals surface area contributed by atoms with Crippen molar-refractivity contribution in [2.45, 2.75) is 134 Å². The quantitative estimate of drug-likeness (QED) is 0.254. The number of rotatable bonds is 11. The van der Waals surface area contributed by atoms with Crippen molar-refractivity contribution in [3.05, 3.63) is 11.6 Å². The normalized spacial score (nSPS) is 34.5. The van der Waals surface area contributed by atoms with Gasteiger partial charge in [-0.15, -0.1) is 0 Å². The van der Waals surface area contributed by atoms with E-state index in [1.807, 2.05) is 19.9 Å². The molecule has 0 radical (unpaired) electrons. The Bertz CT molecular complexity index is 1010. The van der Waals surface area contributed by atoms with Gasteiger partial charge in [-0.05, 0) is 84.4 Å². The summed E-state index contributed by atoms with van der Waals surface area (Å²) in [6, 6.07) is 2.22. The lowest BCUT2D eigenvalue weighted by atomic mass is 9.39. The average molecular weight is 526 g/mol. The molecule has 0 amide bonds. The first-order chi connectivity index (χ1) is 17.3. The molecule has 214 valence electrons. The Morgan fingerprint density at radius 2 is 1.66 bits per heavy atom. The minimum atomic E-state index is -0.608. The molecule has 4 heteroatoms. The molecule has 0 N–H and O–H groups in total. The molecule has 2 aliphatic carbocycles. The fourth-order valence-electron chi connectivity index (χ4n) is 8.29. The molecule has 0 bridgehead atoms. The van der Waals surface area contributed by atoms with E-state index in [9.17, 15) is 14.9 Å². The highest BCUT2D eigenvalue weighted by Gasteiger charge is 2.63. The number of ether oxygens (including phenoxy) is 1. The van der Waals surface area contributed by atoms with Crippen LogP contribution in [-0.4, -0.2) is 24.3 Å². The third kappa shape index (κ3) is 5.43. The van der Waals surface area contributed by atoms with Gasteiger partial charge in [-0.1, -0.05) is 81.7 Å². The summed E-state index contributed by atoms with van der Waals surface area (Å²) in [5.41, 5.74) is -0.344. The monoisotopic (exact) mass is 525 g/mol. The smallest absolute Gasteiger partial charge is 0.178 e. The summed E-state index contributed by atoms with van der Waals surface area (Å²) in [5.74, 6) is 0.342. The highest BCUT2D eigenvalue weighted by Crippen LogP contribution is 2.68. The van der Waals surface area contributed by atoms with Gasteiger partial charge in [0.05, 0.1) is 18.3 Å². The van der Waals surface area contributed by atoms with Crippen LogP contribution in [0.15, 0.2) is 11.6 Å². The number of allylic oxidation sites excluding steroid dienone is 2. The van der Waals surface area contributed by atoms with Gasteiger partial charge in [-0.25, -0.2) is 0 Å². The second kappa shape index (κ2) is 10.2. The van der Waals surface area contributed by atoms with Crippen LogP contribution in [0.2, 0.25) is 0 Å². The summed E-state index contributed by atoms with van der Waals surface area (Å²) in [5, 5.41) is 9.90. The third-order valence-corrected chi connectivity index (χ3v) is 12.3. The van der Waals surface area contributed by atoms with Gasteiger partial charge in [0.1, 0.15) is 11.9 Å². The van der Waals surface area contributed by atoms with Crippen LogP contribution < -0.4 is 0 Å². The van der Waals surface area contributed by atoms with Crippen molar-refractivity contribution in [2.75, 3.05) is 6.61 Å². The fraction of sp³-hybridized carbons (Fsp3) is 0.853. The lowest BCUT2D eigenvalue weighted by Gasteiger charge is -2.64. The minimum Gasteiger partial charge on any atom is -0.373 e. The van der Waals surface area contributed by atoms with Crippen LogP contribution in [0.3, 0.4) is 0 Å². The number of fused-ring (bicyclic) bond motifs is 1. The number of ketones is 2. The maximum Gasteiger partial charge on any atom is 0.178 e. The van der Waals surface area contributed by atoms with Gasteiger partial charge in [0.25, 0.3) is 0 Å². The molecular formula is C34H55NO3. The molecule has 3 aliphatic rings. The molecule has 0 aromatic rings. The highest BCUT2D eigenvalue weighted by molar-refractivity contribution is 6.04. The van der Waals surface area contributed by atoms with Crippen molar-refractivity contribution in [3.63, 3.8) is 0 Å². The minimum absolute atomic E-state index is 0.0240. The maximum atomic E-state index is 13.2. The second-order valence-corrected chi connectivity index (χ2v) is 15.9. The van der Waals surface area contributed by atoms with Gasteiger partial charge in [-0.3, -0.25) is 4.79 Å². The molecule has 1 aliphatic heterocycles. The Balaban J connectivity index is 1.96. The fourth-order valence-corrected chi connectivity index (χ4v) is 8.29. The van der Waals surface area contributed by atoms with Crippen LogP contribution in [0, 0.1) is 55.7 Å². The van der Waals surface area contributed by atoms with E-state index in [2.05, 4.69) is 61.5 Å². The Morgan fingerprint density at radius 1 is 1.08 bits per heavy atom. The van der Waals surface area contributed by atoms with Crippen molar-refractivity contribution in [3.8, 4) is 6.07 Å². The summed E-state index contributed by atoms with van der Waals surface area (Å²) in [6.07, 6.45) is 10.5. The van der Waals surface area contributed by atoms with E-state index in [1.54, 1.807) is 6.92 Å². The molecule has 1 unspecified atom stereocenters. The molecule has 2 fully saturated rings. The molecule has 1 saturated heterocycles. The lowest BCUT2D eigenvalue weighted by Crippen LogP contribution is -2.60. The zero-order valence-corrected chi connectivity index (χ0v) is 26.3. The van der Waals surface area contributed by atoms with Gasteiger partial charge in [-0.2, -0.15) is 5.26 Å². The third-order valence-electron chi connectivity index (χ3n) is 12.3. The Labute approximate surface area is 233 Å². The van der Waals surface area contributed by atoms with Crippen molar-refractivity contribution in [1.29, 1.82) is 5.26 Å². The molecule has 4 nitrogen and oxygen atoms in total. The average Bonchev–Trinajstić information content (AvgIpc) is 3.67. The molecule has 0 aromatic heterocycles. The van der Waals surface area contributed by atoms with E-state index in [0.29, 0.717) is 17.9 Å². The van der Waals surface area contributed by atoms with E-state index in [-0.39, 0.29) is 50.6 Å². The maximum absolute atomic E-state index is 13.2. The standard InChI is InChI=1S/C34H55NO3/c1-12-29(3,4)15-17-32(9,27-22-38-27)18-16-30(5,6)34(11)14-13-25-31(7,8)28(37)24(21-35)20-33(25,10)26(34)19-23(2)36/h20,25-27H,12-19,22H2,1-11H3/t25-,26+,27?,32-,33-,34+/m0/s1. The number of nitrogens with zero attached hydrogens (tertiary/aromatic N) is 1. The largest absolute Gasteiger partial charge is 0.373 e. The van der Waals surface area contributed by atoms with Crippen molar-refractivity contribution in [2.24, 2.45) is 44.3 Å². The van der Waals surface area contributed by atoms with Gasteiger partial charge in [0.15, 0.2) is 5.78 Å². The first kappa shape index (κ1) is 31.1. The van der Waals surface area contributed by atoms with Crippen molar-refractivity contribution < 1.29 is 14.3 Å². The van der Waals surface area contributed by atoms with Crippen LogP contribution >= 0.6 is 0 Å². The molecule has 3 rings (SSSR count). The Kier molecular flexibility index (Phi) is 8.32. The number of hydrogen-bond donors (Lipinski definition) is 0. The number of Topliss-reactive ketones (excluding diaryl/α,β-unsaturated/α-hetero) is 2. The summed E-state index contributed by atoms with van der Waals surface area (Å²) >= 11 is 0. The first-order valence-corrected chi connectivity index (χ1v) is 15.1. The van der Waals surface area contributed by atoms with Crippen molar-refractivity contribution >= 4 is 11.6 Å². The molecule has 1 heterocycles. The summed E-state index contributed by atoms with van der Waals surface area (Å²) in [7, 11) is 0. The number of carbonyl (C=O) groups excluding carboxylic acids is 2. The molecule has 0 aromatic carbocycles. The van der Waals surface area contributed by atoms with E-state index < -0.39 is 5.41 Å². The van der Waals surface area contributed by atoms with Crippen LogP contribution in [-0.2, 0) is 14.3 Å². The molecular weight excluding hydrogens is 470 g/mol. The molecule has 1 saturated carbocycles. The van der Waals surface area contributed by atoms with E-state index >= 15 is 0 Å². The number of carbonyl (C=O) groups is 2. The predicted molar refractivity (Wildman–Crippen MR) is 154 cm³/mol. The van der Waals surface area contributed by atoms with Crippen LogP contribution in [0.5, 0.6) is 0 Å². The van der Waals surface area contributed by atoms with Gasteiger partial charge in [0, 0.05) is 11.8 Å². The second-order valence-electron chi connectivity index (χ2n) is 15.9. The van der Waals surface area contributed by atoms with Gasteiger partial charge < -0.3 is 9.53 Å². The van der Waals surface area contributed by atoms with Gasteiger partial charge in [0.2, 0.25) is 0 Å². The summed E-state index contributed by atoms with van der Waals surface area (Å²) in [6.45, 7) is 25.5. The zero-order valence-electron chi connectivity index (χ0n) is 26.3. The topological polar surface area (TPSA) is 70.5 Å². The number of nitriles is 1. The van der Waals surface area contributed by atoms with Gasteiger partial charge >= 0.3 is 0 Å². The Hall–Kier alpha value is -1.47. The number of epoxide rings is 1. The SMILES string of the molecule is CCC(C)(C)CC[C@@](C)(CCC(C)(C)[C@]1(C)CC[C@H]2C(C)(C)C(=O)C(C#N)=C[C@]2(C)[C@H]1CC(C)=O)C1CO1. The molecule has 0 spiro atoms. The molecule has 6 atom stereocenters. The van der Waals surface area contributed by atoms with E-state index in [4.69, 9.17) is 4.74 Å². The zero-order chi connectivity index (χ0) is 28.9. The highest BCUT2D eigenvalue weighted by atomic mass is 16.6. The summed E-state index contributed by atoms with van der Waals surface area (Å²) < 4.78 is 5.91. The Morgan fingerprint density at radius 3 is 2.16 bits per heavy atom. The number of hydrogen-bond acceptors (Lipinski definition) is 4. The van der Waals surface area contributed by atoms with Crippen molar-refractivity contribution in [1.82, 2.24) is 0 Å². The lowest BCUT2D eigenvalue weighted by molar-refractivity contribution is -0.156. The van der Waals surface area contributed by atoms with Crippen LogP contribution in [0.25, 0.3) is 0 Å². The van der Waals surface area contributed by atoms with E-state index in [0.717, 1.165) is 32.3 Å². The van der Waals surface area contributed by atoms with Crippen LogP contribution in [0.1, 0.15) is 128 Å². The predicted octanol–water partition coefficient (Wildman–Crippen LogP) is 8.49. The van der Waals surface area contributed by atoms with Crippen LogP contribution in [0.4, 0.5) is 0 Å². The summed E-state index contributed by atoms with van der Waals surface area (Å²) in [4.78, 5) is 26.0. The van der Waals surface area contributed by atoms with E-state index in [1.165, 1.54) is 19.3 Å². The first-order valence-electron chi connectivity index (χ1n) is 15.1.